The second-order valence-corrected chi connectivity index (χ2v) is 8.35. The third-order valence-corrected chi connectivity index (χ3v) is 6.06. The zero-order valence-electron chi connectivity index (χ0n) is 17.9. The van der Waals surface area contributed by atoms with Gasteiger partial charge >= 0.3 is 0 Å². The molecule has 0 aliphatic carbocycles. The van der Waals surface area contributed by atoms with Crippen molar-refractivity contribution in [3.8, 4) is 0 Å². The summed E-state index contributed by atoms with van der Waals surface area (Å²) in [6.07, 6.45) is 2.09. The fourth-order valence-electron chi connectivity index (χ4n) is 4.60. The maximum Gasteiger partial charge on any atom is 0.249 e. The molecule has 2 N–H and O–H groups in total. The van der Waals surface area contributed by atoms with Gasteiger partial charge < -0.3 is 10.3 Å². The predicted molar refractivity (Wildman–Crippen MR) is 129 cm³/mol. The number of rotatable bonds is 5. The third kappa shape index (κ3) is 3.36. The van der Waals surface area contributed by atoms with Crippen LogP contribution >= 0.6 is 0 Å². The van der Waals surface area contributed by atoms with Crippen LogP contribution in [0.1, 0.15) is 40.4 Å². The molecule has 1 aromatic heterocycles. The molecule has 5 rings (SSSR count). The van der Waals surface area contributed by atoms with Gasteiger partial charge in [0.1, 0.15) is 0 Å². The van der Waals surface area contributed by atoms with E-state index in [1.165, 1.54) is 27.5 Å². The zero-order chi connectivity index (χ0) is 21.5. The van der Waals surface area contributed by atoms with Crippen LogP contribution in [0.2, 0.25) is 0 Å². The van der Waals surface area contributed by atoms with Crippen molar-refractivity contribution in [3.05, 3.63) is 95.1 Å². The molecule has 0 aliphatic rings. The lowest BCUT2D eigenvalue weighted by molar-refractivity contribution is 0.100. The lowest BCUT2D eigenvalue weighted by atomic mass is 10.0. The summed E-state index contributed by atoms with van der Waals surface area (Å²) in [4.78, 5) is 12.2. The van der Waals surface area contributed by atoms with Crippen molar-refractivity contribution in [2.45, 2.75) is 33.2 Å². The number of hydrogen-bond acceptors (Lipinski definition) is 1. The number of aryl methyl sites for hydroxylation is 2. The summed E-state index contributed by atoms with van der Waals surface area (Å²) < 4.78 is 2.29. The lowest BCUT2D eigenvalue weighted by Crippen LogP contribution is -2.11. The van der Waals surface area contributed by atoms with Crippen LogP contribution in [-0.4, -0.2) is 10.5 Å². The van der Waals surface area contributed by atoms with Gasteiger partial charge in [-0.3, -0.25) is 4.79 Å². The van der Waals surface area contributed by atoms with Crippen molar-refractivity contribution in [2.75, 3.05) is 0 Å². The molecule has 1 radical (unpaired) electrons. The molecular weight excluding hydrogens is 380 g/mol. The molecule has 31 heavy (non-hydrogen) atoms. The number of hydrogen-bond donors (Lipinski definition) is 1. The Hall–Kier alpha value is -3.59. The van der Waals surface area contributed by atoms with Crippen LogP contribution < -0.4 is 5.73 Å². The minimum Gasteiger partial charge on any atom is -0.366 e. The summed E-state index contributed by atoms with van der Waals surface area (Å²) >= 11 is 0. The van der Waals surface area contributed by atoms with E-state index in [2.05, 4.69) is 73.0 Å². The molecule has 1 amide bonds. The van der Waals surface area contributed by atoms with Crippen molar-refractivity contribution in [1.29, 1.82) is 0 Å². The highest BCUT2D eigenvalue weighted by Gasteiger charge is 2.17. The monoisotopic (exact) mass is 405 g/mol. The minimum absolute atomic E-state index is 0.406. The Morgan fingerprint density at radius 2 is 1.77 bits per heavy atom. The van der Waals surface area contributed by atoms with Crippen LogP contribution in [0.15, 0.2) is 66.7 Å². The molecule has 0 saturated carbocycles. The Bertz CT molecular complexity index is 1460. The van der Waals surface area contributed by atoms with Gasteiger partial charge in [0.25, 0.3) is 0 Å². The number of benzene rings is 4. The number of amides is 1. The molecule has 0 bridgehead atoms. The second kappa shape index (κ2) is 7.59. The molecule has 3 nitrogen and oxygen atoms in total. The molecule has 0 spiro atoms. The van der Waals surface area contributed by atoms with E-state index in [1.54, 1.807) is 6.07 Å². The summed E-state index contributed by atoms with van der Waals surface area (Å²) in [6, 6.07) is 26.7. The van der Waals surface area contributed by atoms with E-state index in [-0.39, 0.29) is 0 Å². The van der Waals surface area contributed by atoms with E-state index in [9.17, 15) is 4.79 Å². The molecule has 4 aromatic carbocycles. The van der Waals surface area contributed by atoms with E-state index in [0.29, 0.717) is 5.56 Å². The van der Waals surface area contributed by atoms with E-state index in [1.807, 2.05) is 12.1 Å². The maximum absolute atomic E-state index is 12.2. The molecule has 0 unspecified atom stereocenters. The van der Waals surface area contributed by atoms with Crippen molar-refractivity contribution in [2.24, 2.45) is 5.73 Å². The summed E-state index contributed by atoms with van der Waals surface area (Å²) in [6.45, 7) is 5.02. The van der Waals surface area contributed by atoms with Crippen molar-refractivity contribution < 1.29 is 4.79 Å². The number of primary amides is 1. The first-order valence-electron chi connectivity index (χ1n) is 10.8. The van der Waals surface area contributed by atoms with Crippen LogP contribution in [0.4, 0.5) is 0 Å². The van der Waals surface area contributed by atoms with E-state index in [4.69, 9.17) is 5.73 Å². The molecular formula is C28H25N2O. The Morgan fingerprint density at radius 1 is 0.968 bits per heavy atom. The highest BCUT2D eigenvalue weighted by molar-refractivity contribution is 6.17. The number of carbonyl (C=O) groups is 1. The molecule has 0 saturated heterocycles. The quantitative estimate of drug-likeness (QED) is 0.374. The van der Waals surface area contributed by atoms with E-state index < -0.39 is 5.91 Å². The Labute approximate surface area is 182 Å². The van der Waals surface area contributed by atoms with Gasteiger partial charge in [-0.05, 0) is 65.6 Å². The molecule has 3 heteroatoms. The fraction of sp³-hybridized carbons (Fsp3) is 0.179. The van der Waals surface area contributed by atoms with Crippen LogP contribution in [0, 0.1) is 13.0 Å². The predicted octanol–water partition coefficient (Wildman–Crippen LogP) is 6.16. The van der Waals surface area contributed by atoms with Crippen molar-refractivity contribution in [1.82, 2.24) is 4.57 Å². The number of nitrogens with zero attached hydrogens (tertiary/aromatic N) is 1. The van der Waals surface area contributed by atoms with Gasteiger partial charge in [0.15, 0.2) is 0 Å². The van der Waals surface area contributed by atoms with Crippen LogP contribution in [0.5, 0.6) is 0 Å². The topological polar surface area (TPSA) is 48.0 Å². The first-order chi connectivity index (χ1) is 15.0. The van der Waals surface area contributed by atoms with Crippen molar-refractivity contribution in [3.63, 3.8) is 0 Å². The summed E-state index contributed by atoms with van der Waals surface area (Å²) in [5.74, 6) is -0.406. The number of carbonyl (C=O) groups excluding carboxylic acids is 1. The SMILES string of the molecule is CCCc1c[c]c2c3c(C(N)=O)cccc3n(Cc3ccc4cc(C)ccc4c3)c2c1. The number of fused-ring (bicyclic) bond motifs is 4. The molecule has 0 atom stereocenters. The normalized spacial score (nSPS) is 11.5. The number of nitrogens with two attached hydrogens (primary N) is 1. The average Bonchev–Trinajstić information content (AvgIpc) is 3.07. The summed E-state index contributed by atoms with van der Waals surface area (Å²) in [5, 5.41) is 4.34. The molecule has 1 heterocycles. The van der Waals surface area contributed by atoms with E-state index >= 15 is 0 Å². The van der Waals surface area contributed by atoms with Gasteiger partial charge in [0.05, 0.1) is 11.0 Å². The van der Waals surface area contributed by atoms with Gasteiger partial charge in [-0.25, -0.2) is 0 Å². The Kier molecular flexibility index (Phi) is 4.74. The van der Waals surface area contributed by atoms with Crippen LogP contribution in [0.25, 0.3) is 32.6 Å². The van der Waals surface area contributed by atoms with Crippen molar-refractivity contribution >= 4 is 38.5 Å². The molecule has 0 fully saturated rings. The molecule has 0 aliphatic heterocycles. The van der Waals surface area contributed by atoms with Gasteiger partial charge in [-0.15, -0.1) is 0 Å². The third-order valence-electron chi connectivity index (χ3n) is 6.06. The highest BCUT2D eigenvalue weighted by atomic mass is 16.1. The highest BCUT2D eigenvalue weighted by Crippen LogP contribution is 2.33. The first kappa shape index (κ1) is 19.4. The van der Waals surface area contributed by atoms with E-state index in [0.717, 1.165) is 41.2 Å². The smallest absolute Gasteiger partial charge is 0.249 e. The minimum atomic E-state index is -0.406. The van der Waals surface area contributed by atoms with Gasteiger partial charge in [0, 0.05) is 22.9 Å². The Balaban J connectivity index is 1.74. The standard InChI is InChI=1S/C28H25N2O/c1-3-5-19-10-13-23-26(16-19)30(25-7-4-6-24(27(23)25)28(29)31)17-20-9-12-21-14-18(2)8-11-22(21)15-20/h4,6-12,14-16H,3,5,17H2,1-2H3,(H2,29,31). The average molecular weight is 406 g/mol. The largest absolute Gasteiger partial charge is 0.366 e. The summed E-state index contributed by atoms with van der Waals surface area (Å²) in [5.41, 5.74) is 12.1. The van der Waals surface area contributed by atoms with Crippen LogP contribution in [-0.2, 0) is 13.0 Å². The first-order valence-corrected chi connectivity index (χ1v) is 10.8. The van der Waals surface area contributed by atoms with Gasteiger partial charge in [-0.1, -0.05) is 61.4 Å². The lowest BCUT2D eigenvalue weighted by Gasteiger charge is -2.10. The number of aromatic nitrogens is 1. The fourth-order valence-corrected chi connectivity index (χ4v) is 4.60. The zero-order valence-corrected chi connectivity index (χ0v) is 17.9. The Morgan fingerprint density at radius 3 is 2.58 bits per heavy atom. The molecule has 5 aromatic rings. The van der Waals surface area contributed by atoms with Gasteiger partial charge in [0.2, 0.25) is 5.91 Å². The second-order valence-electron chi connectivity index (χ2n) is 8.35. The molecule has 153 valence electrons. The maximum atomic E-state index is 12.2. The van der Waals surface area contributed by atoms with Gasteiger partial charge in [-0.2, -0.15) is 0 Å². The van der Waals surface area contributed by atoms with Crippen LogP contribution in [0.3, 0.4) is 0 Å². The summed E-state index contributed by atoms with van der Waals surface area (Å²) in [7, 11) is 0.